The van der Waals surface area contributed by atoms with Crippen molar-refractivity contribution < 1.29 is 9.53 Å². The van der Waals surface area contributed by atoms with Crippen LogP contribution in [0, 0.1) is 0 Å². The van der Waals surface area contributed by atoms with Gasteiger partial charge in [0, 0.05) is 6.08 Å². The number of carbonyl (C=O) groups excluding carboxylic acids is 1. The monoisotopic (exact) mass is 210 g/mol. The molecular formula is C13H22O2. The van der Waals surface area contributed by atoms with E-state index in [9.17, 15) is 4.79 Å². The highest BCUT2D eigenvalue weighted by molar-refractivity contribution is 5.81. The van der Waals surface area contributed by atoms with Crippen LogP contribution in [0.15, 0.2) is 24.8 Å². The lowest BCUT2D eigenvalue weighted by Gasteiger charge is -2.01. The highest BCUT2D eigenvalue weighted by Crippen LogP contribution is 2.04. The Bertz CT molecular complexity index is 195. The van der Waals surface area contributed by atoms with Gasteiger partial charge in [-0.15, -0.1) is 0 Å². The molecule has 2 nitrogen and oxygen atoms in total. The van der Waals surface area contributed by atoms with Crippen molar-refractivity contribution in [1.29, 1.82) is 0 Å². The van der Waals surface area contributed by atoms with Crippen LogP contribution in [-0.4, -0.2) is 12.6 Å². The molecule has 0 saturated carbocycles. The molecule has 0 bridgehead atoms. The summed E-state index contributed by atoms with van der Waals surface area (Å²) in [6.07, 6.45) is 12.4. The first-order valence-corrected chi connectivity index (χ1v) is 5.75. The van der Waals surface area contributed by atoms with Crippen LogP contribution in [0.2, 0.25) is 0 Å². The topological polar surface area (TPSA) is 26.3 Å². The van der Waals surface area contributed by atoms with E-state index >= 15 is 0 Å². The molecule has 0 aliphatic rings. The minimum atomic E-state index is -0.319. The van der Waals surface area contributed by atoms with Gasteiger partial charge in [-0.25, -0.2) is 4.79 Å². The van der Waals surface area contributed by atoms with Crippen LogP contribution in [0.25, 0.3) is 0 Å². The lowest BCUT2D eigenvalue weighted by atomic mass is 10.1. The molecule has 0 saturated heterocycles. The number of ether oxygens (including phenoxy) is 1. The molecule has 86 valence electrons. The smallest absolute Gasteiger partial charge is 0.330 e. The molecule has 0 atom stereocenters. The van der Waals surface area contributed by atoms with E-state index in [1.165, 1.54) is 25.3 Å². The number of esters is 1. The van der Waals surface area contributed by atoms with Gasteiger partial charge in [0.1, 0.15) is 0 Å². The Balaban J connectivity index is 3.08. The van der Waals surface area contributed by atoms with Crippen LogP contribution in [0.5, 0.6) is 0 Å². The Labute approximate surface area is 93.0 Å². The summed E-state index contributed by atoms with van der Waals surface area (Å²) in [6.45, 7) is 6.00. The fraction of sp³-hybridized carbons (Fsp3) is 0.615. The van der Waals surface area contributed by atoms with Gasteiger partial charge in [-0.3, -0.25) is 0 Å². The molecule has 0 aliphatic heterocycles. The van der Waals surface area contributed by atoms with Crippen molar-refractivity contribution in [3.63, 3.8) is 0 Å². The van der Waals surface area contributed by atoms with Gasteiger partial charge >= 0.3 is 5.97 Å². The minimum Gasteiger partial charge on any atom is -0.463 e. The van der Waals surface area contributed by atoms with Crippen LogP contribution in [-0.2, 0) is 9.53 Å². The van der Waals surface area contributed by atoms with Gasteiger partial charge in [0.25, 0.3) is 0 Å². The van der Waals surface area contributed by atoms with E-state index in [0.29, 0.717) is 6.61 Å². The van der Waals surface area contributed by atoms with Gasteiger partial charge in [-0.2, -0.15) is 0 Å². The molecule has 0 rings (SSSR count). The maximum Gasteiger partial charge on any atom is 0.330 e. The summed E-state index contributed by atoms with van der Waals surface area (Å²) in [6, 6.07) is 0. The molecule has 0 unspecified atom stereocenters. The summed E-state index contributed by atoms with van der Waals surface area (Å²) in [5, 5.41) is 0. The highest BCUT2D eigenvalue weighted by atomic mass is 16.5. The molecular weight excluding hydrogens is 188 g/mol. The van der Waals surface area contributed by atoms with Crippen LogP contribution < -0.4 is 0 Å². The van der Waals surface area contributed by atoms with Crippen LogP contribution in [0.3, 0.4) is 0 Å². The van der Waals surface area contributed by atoms with E-state index in [1.54, 1.807) is 0 Å². The van der Waals surface area contributed by atoms with Crippen LogP contribution in [0.4, 0.5) is 0 Å². The minimum absolute atomic E-state index is 0.319. The molecule has 0 amide bonds. The molecule has 0 aromatic rings. The first kappa shape index (κ1) is 13.9. The standard InChI is InChI=1S/C13H22O2/c1-3-5-6-7-8-9-10-11-12-15-13(14)4-2/h4-6H,2-3,7-12H2,1H3/b6-5+. The van der Waals surface area contributed by atoms with Crippen LogP contribution >= 0.6 is 0 Å². The zero-order valence-corrected chi connectivity index (χ0v) is 9.71. The molecule has 0 spiro atoms. The maximum atomic E-state index is 10.7. The average molecular weight is 210 g/mol. The second-order valence-electron chi connectivity index (χ2n) is 3.45. The largest absolute Gasteiger partial charge is 0.463 e. The summed E-state index contributed by atoms with van der Waals surface area (Å²) in [5.74, 6) is -0.319. The Kier molecular flexibility index (Phi) is 10.3. The van der Waals surface area contributed by atoms with E-state index < -0.39 is 0 Å². The van der Waals surface area contributed by atoms with Crippen molar-refractivity contribution in [2.45, 2.75) is 45.4 Å². The fourth-order valence-electron chi connectivity index (χ4n) is 1.23. The molecule has 0 aliphatic carbocycles. The number of carbonyl (C=O) groups is 1. The van der Waals surface area contributed by atoms with Gasteiger partial charge in [0.2, 0.25) is 0 Å². The number of hydrogen-bond acceptors (Lipinski definition) is 2. The maximum absolute atomic E-state index is 10.7. The SMILES string of the molecule is C=CC(=O)OCCCCCC/C=C/CC. The molecule has 0 heterocycles. The van der Waals surface area contributed by atoms with Crippen molar-refractivity contribution >= 4 is 5.97 Å². The molecule has 2 heteroatoms. The zero-order chi connectivity index (χ0) is 11.4. The first-order valence-electron chi connectivity index (χ1n) is 5.75. The van der Waals surface area contributed by atoms with Crippen molar-refractivity contribution in [1.82, 2.24) is 0 Å². The number of allylic oxidation sites excluding steroid dienone is 2. The van der Waals surface area contributed by atoms with E-state index in [4.69, 9.17) is 4.74 Å². The Morgan fingerprint density at radius 2 is 1.93 bits per heavy atom. The van der Waals surface area contributed by atoms with Crippen molar-refractivity contribution in [3.8, 4) is 0 Å². The predicted molar refractivity (Wildman–Crippen MR) is 63.7 cm³/mol. The molecule has 0 aromatic carbocycles. The van der Waals surface area contributed by atoms with Gasteiger partial charge < -0.3 is 4.74 Å². The van der Waals surface area contributed by atoms with Gasteiger partial charge in [0.15, 0.2) is 0 Å². The fourth-order valence-corrected chi connectivity index (χ4v) is 1.23. The van der Waals surface area contributed by atoms with E-state index in [2.05, 4.69) is 25.7 Å². The Hall–Kier alpha value is -1.05. The van der Waals surface area contributed by atoms with Gasteiger partial charge in [0.05, 0.1) is 6.61 Å². The Morgan fingerprint density at radius 3 is 2.60 bits per heavy atom. The summed E-state index contributed by atoms with van der Waals surface area (Å²) < 4.78 is 4.87. The molecule has 0 N–H and O–H groups in total. The van der Waals surface area contributed by atoms with Gasteiger partial charge in [-0.1, -0.05) is 38.5 Å². The van der Waals surface area contributed by atoms with Crippen LogP contribution in [0.1, 0.15) is 45.4 Å². The quantitative estimate of drug-likeness (QED) is 0.251. The number of unbranched alkanes of at least 4 members (excludes halogenated alkanes) is 4. The predicted octanol–water partition coefficient (Wildman–Crippen LogP) is 3.63. The first-order chi connectivity index (χ1) is 7.31. The number of hydrogen-bond donors (Lipinski definition) is 0. The van der Waals surface area contributed by atoms with E-state index in [1.807, 2.05) is 0 Å². The van der Waals surface area contributed by atoms with Crippen molar-refractivity contribution in [2.75, 3.05) is 6.61 Å². The summed E-state index contributed by atoms with van der Waals surface area (Å²) in [5.41, 5.74) is 0. The normalized spacial score (nSPS) is 10.5. The van der Waals surface area contributed by atoms with Gasteiger partial charge in [-0.05, 0) is 25.7 Å². The summed E-state index contributed by atoms with van der Waals surface area (Å²) in [7, 11) is 0. The molecule has 0 radical (unpaired) electrons. The lowest BCUT2D eigenvalue weighted by molar-refractivity contribution is -0.137. The Morgan fingerprint density at radius 1 is 1.20 bits per heavy atom. The summed E-state index contributed by atoms with van der Waals surface area (Å²) in [4.78, 5) is 10.7. The molecule has 0 aromatic heterocycles. The zero-order valence-electron chi connectivity index (χ0n) is 9.71. The van der Waals surface area contributed by atoms with Crippen molar-refractivity contribution in [3.05, 3.63) is 24.8 Å². The third kappa shape index (κ3) is 10.9. The number of rotatable bonds is 9. The molecule has 0 fully saturated rings. The van der Waals surface area contributed by atoms with Crippen molar-refractivity contribution in [2.24, 2.45) is 0 Å². The average Bonchev–Trinajstić information content (AvgIpc) is 2.26. The van der Waals surface area contributed by atoms with E-state index in [-0.39, 0.29) is 5.97 Å². The lowest BCUT2D eigenvalue weighted by Crippen LogP contribution is -2.01. The second kappa shape index (κ2) is 11.0. The summed E-state index contributed by atoms with van der Waals surface area (Å²) >= 11 is 0. The highest BCUT2D eigenvalue weighted by Gasteiger charge is 1.94. The third-order valence-electron chi connectivity index (χ3n) is 2.08. The van der Waals surface area contributed by atoms with E-state index in [0.717, 1.165) is 19.3 Å². The molecule has 15 heavy (non-hydrogen) atoms. The second-order valence-corrected chi connectivity index (χ2v) is 3.45. The third-order valence-corrected chi connectivity index (χ3v) is 2.08.